The van der Waals surface area contributed by atoms with Gasteiger partial charge in [-0.25, -0.2) is 0 Å². The van der Waals surface area contributed by atoms with Crippen LogP contribution in [0, 0.1) is 0 Å². The zero-order valence-electron chi connectivity index (χ0n) is 8.64. The lowest BCUT2D eigenvalue weighted by atomic mass is 10.0. The number of aromatic nitrogens is 1. The number of pyridine rings is 1. The summed E-state index contributed by atoms with van der Waals surface area (Å²) in [6, 6.07) is 3.82. The average Bonchev–Trinajstić information content (AvgIpc) is 2.68. The molecule has 1 aliphatic rings. The van der Waals surface area contributed by atoms with Crippen molar-refractivity contribution in [3.05, 3.63) is 42.1 Å². The van der Waals surface area contributed by atoms with Crippen LogP contribution >= 0.6 is 0 Å². The van der Waals surface area contributed by atoms with E-state index in [1.165, 1.54) is 0 Å². The molecule has 0 saturated heterocycles. The second kappa shape index (κ2) is 3.90. The van der Waals surface area contributed by atoms with Gasteiger partial charge in [0.05, 0.1) is 11.3 Å². The molecule has 2 N–H and O–H groups in total. The quantitative estimate of drug-likeness (QED) is 0.809. The molecule has 1 aliphatic heterocycles. The van der Waals surface area contributed by atoms with Gasteiger partial charge in [0.1, 0.15) is 12.5 Å². The van der Waals surface area contributed by atoms with Gasteiger partial charge in [-0.2, -0.15) is 0 Å². The fraction of sp³-hybridized carbons (Fsp3) is 0.364. The summed E-state index contributed by atoms with van der Waals surface area (Å²) < 4.78 is 10.9. The third-order valence-corrected chi connectivity index (χ3v) is 2.40. The van der Waals surface area contributed by atoms with Gasteiger partial charge in [-0.05, 0) is 18.7 Å². The molecule has 0 aromatic carbocycles. The molecule has 80 valence electrons. The van der Waals surface area contributed by atoms with Crippen molar-refractivity contribution in [2.75, 3.05) is 6.54 Å². The molecule has 0 saturated carbocycles. The Labute approximate surface area is 88.7 Å². The van der Waals surface area contributed by atoms with Crippen molar-refractivity contribution >= 4 is 0 Å². The van der Waals surface area contributed by atoms with Gasteiger partial charge in [0.25, 0.3) is 5.79 Å². The van der Waals surface area contributed by atoms with Crippen LogP contribution in [0.3, 0.4) is 0 Å². The van der Waals surface area contributed by atoms with Crippen LogP contribution in [0.5, 0.6) is 0 Å². The lowest BCUT2D eigenvalue weighted by molar-refractivity contribution is -0.134. The van der Waals surface area contributed by atoms with Gasteiger partial charge in [0.2, 0.25) is 0 Å². The number of nitrogens with two attached hydrogens (primary N) is 1. The minimum atomic E-state index is -0.751. The highest BCUT2D eigenvalue weighted by Gasteiger charge is 2.34. The zero-order chi connectivity index (χ0) is 10.7. The fourth-order valence-corrected chi connectivity index (χ4v) is 1.66. The summed E-state index contributed by atoms with van der Waals surface area (Å²) in [6.07, 6.45) is 5.55. The van der Waals surface area contributed by atoms with Gasteiger partial charge in [0, 0.05) is 19.5 Å². The second-order valence-corrected chi connectivity index (χ2v) is 3.49. The monoisotopic (exact) mass is 206 g/mol. The first-order valence-corrected chi connectivity index (χ1v) is 4.91. The van der Waals surface area contributed by atoms with Gasteiger partial charge in [0.15, 0.2) is 0 Å². The summed E-state index contributed by atoms with van der Waals surface area (Å²) in [7, 11) is 0. The van der Waals surface area contributed by atoms with E-state index in [2.05, 4.69) is 4.98 Å². The normalized spacial score (nSPS) is 17.2. The molecular weight excluding hydrogens is 192 g/mol. The molecule has 4 heteroatoms. The minimum Gasteiger partial charge on any atom is -0.453 e. The molecular formula is C11H14N2O2. The minimum absolute atomic E-state index is 0.563. The van der Waals surface area contributed by atoms with E-state index in [1.54, 1.807) is 18.7 Å². The van der Waals surface area contributed by atoms with Crippen LogP contribution < -0.4 is 5.73 Å². The maximum atomic E-state index is 5.53. The SMILES string of the molecule is CC1(c2cccnc2CCN)OC=CO1. The molecule has 0 unspecified atom stereocenters. The second-order valence-electron chi connectivity index (χ2n) is 3.49. The van der Waals surface area contributed by atoms with E-state index >= 15 is 0 Å². The molecule has 4 nitrogen and oxygen atoms in total. The van der Waals surface area contributed by atoms with Crippen LogP contribution in [0.4, 0.5) is 0 Å². The van der Waals surface area contributed by atoms with Crippen molar-refractivity contribution in [3.63, 3.8) is 0 Å². The number of hydrogen-bond acceptors (Lipinski definition) is 4. The molecule has 1 aromatic rings. The van der Waals surface area contributed by atoms with E-state index in [0.717, 1.165) is 17.7 Å². The standard InChI is InChI=1S/C11H14N2O2/c1-11(14-7-8-15-11)9-3-2-6-13-10(9)4-5-12/h2-3,6-8H,4-5,12H2,1H3. The highest BCUT2D eigenvalue weighted by atomic mass is 16.7. The first-order valence-electron chi connectivity index (χ1n) is 4.91. The molecule has 2 rings (SSSR count). The first-order chi connectivity index (χ1) is 7.26. The maximum absolute atomic E-state index is 5.53. The maximum Gasteiger partial charge on any atom is 0.275 e. The van der Waals surface area contributed by atoms with Crippen molar-refractivity contribution in [1.29, 1.82) is 0 Å². The highest BCUT2D eigenvalue weighted by Crippen LogP contribution is 2.32. The molecule has 0 aliphatic carbocycles. The van der Waals surface area contributed by atoms with Crippen LogP contribution in [-0.4, -0.2) is 11.5 Å². The van der Waals surface area contributed by atoms with Gasteiger partial charge in [-0.1, -0.05) is 0 Å². The summed E-state index contributed by atoms with van der Waals surface area (Å²) >= 11 is 0. The Balaban J connectivity index is 2.34. The molecule has 0 fully saturated rings. The molecule has 0 atom stereocenters. The number of ether oxygens (including phenoxy) is 2. The molecule has 0 amide bonds. The smallest absolute Gasteiger partial charge is 0.275 e. The van der Waals surface area contributed by atoms with Gasteiger partial charge in [-0.3, -0.25) is 4.98 Å². The lowest BCUT2D eigenvalue weighted by Gasteiger charge is -2.25. The summed E-state index contributed by atoms with van der Waals surface area (Å²) in [5.74, 6) is -0.751. The summed E-state index contributed by atoms with van der Waals surface area (Å²) in [5, 5.41) is 0. The Morgan fingerprint density at radius 3 is 2.80 bits per heavy atom. The highest BCUT2D eigenvalue weighted by molar-refractivity contribution is 5.26. The molecule has 0 radical (unpaired) electrons. The van der Waals surface area contributed by atoms with E-state index in [1.807, 2.05) is 19.1 Å². The average molecular weight is 206 g/mol. The number of nitrogens with zero attached hydrogens (tertiary/aromatic N) is 1. The third-order valence-electron chi connectivity index (χ3n) is 2.40. The Morgan fingerprint density at radius 1 is 1.40 bits per heavy atom. The van der Waals surface area contributed by atoms with Crippen molar-refractivity contribution in [1.82, 2.24) is 4.98 Å². The van der Waals surface area contributed by atoms with E-state index in [-0.39, 0.29) is 0 Å². The predicted octanol–water partition coefficient (Wildman–Crippen LogP) is 1.27. The van der Waals surface area contributed by atoms with Crippen molar-refractivity contribution in [2.45, 2.75) is 19.1 Å². The first kappa shape index (κ1) is 9.98. The van der Waals surface area contributed by atoms with Gasteiger partial charge in [-0.15, -0.1) is 0 Å². The Bertz CT molecular complexity index is 369. The largest absolute Gasteiger partial charge is 0.453 e. The van der Waals surface area contributed by atoms with Crippen LogP contribution in [0.2, 0.25) is 0 Å². The van der Waals surface area contributed by atoms with Gasteiger partial charge < -0.3 is 15.2 Å². The molecule has 15 heavy (non-hydrogen) atoms. The van der Waals surface area contributed by atoms with Crippen LogP contribution in [0.15, 0.2) is 30.9 Å². The van der Waals surface area contributed by atoms with Crippen molar-refractivity contribution < 1.29 is 9.47 Å². The summed E-state index contributed by atoms with van der Waals surface area (Å²) in [6.45, 7) is 2.43. The van der Waals surface area contributed by atoms with Crippen LogP contribution in [0.1, 0.15) is 18.2 Å². The Hall–Kier alpha value is -1.55. The number of rotatable bonds is 3. The number of hydrogen-bond donors (Lipinski definition) is 1. The van der Waals surface area contributed by atoms with Gasteiger partial charge >= 0.3 is 0 Å². The molecule has 0 spiro atoms. The Morgan fingerprint density at radius 2 is 2.13 bits per heavy atom. The molecule has 2 heterocycles. The van der Waals surface area contributed by atoms with E-state index < -0.39 is 5.79 Å². The fourth-order valence-electron chi connectivity index (χ4n) is 1.66. The van der Waals surface area contributed by atoms with Crippen molar-refractivity contribution in [3.8, 4) is 0 Å². The third kappa shape index (κ3) is 1.80. The zero-order valence-corrected chi connectivity index (χ0v) is 8.64. The van der Waals surface area contributed by atoms with E-state index in [0.29, 0.717) is 6.54 Å². The summed E-state index contributed by atoms with van der Waals surface area (Å²) in [5.41, 5.74) is 7.39. The summed E-state index contributed by atoms with van der Waals surface area (Å²) in [4.78, 5) is 4.29. The van der Waals surface area contributed by atoms with E-state index in [4.69, 9.17) is 15.2 Å². The van der Waals surface area contributed by atoms with Crippen LogP contribution in [0.25, 0.3) is 0 Å². The predicted molar refractivity (Wildman–Crippen MR) is 55.7 cm³/mol. The Kier molecular flexibility index (Phi) is 2.60. The van der Waals surface area contributed by atoms with Crippen LogP contribution in [-0.2, 0) is 21.7 Å². The van der Waals surface area contributed by atoms with E-state index in [9.17, 15) is 0 Å². The molecule has 1 aromatic heterocycles. The van der Waals surface area contributed by atoms with Crippen molar-refractivity contribution in [2.24, 2.45) is 5.73 Å². The topological polar surface area (TPSA) is 57.4 Å². The molecule has 0 bridgehead atoms. The lowest BCUT2D eigenvalue weighted by Crippen LogP contribution is -2.25.